The van der Waals surface area contributed by atoms with Gasteiger partial charge in [-0.1, -0.05) is 17.7 Å². The van der Waals surface area contributed by atoms with Crippen molar-refractivity contribution in [3.05, 3.63) is 118 Å². The minimum Gasteiger partial charge on any atom is -0.386 e. The monoisotopic (exact) mass is 574 g/mol. The molecule has 2 amide bonds. The first kappa shape index (κ1) is 26.9. The summed E-state index contributed by atoms with van der Waals surface area (Å²) >= 11 is 0. The normalized spacial score (nSPS) is 13.4. The lowest BCUT2D eigenvalue weighted by Crippen LogP contribution is -2.15. The van der Waals surface area contributed by atoms with Crippen LogP contribution in [0.15, 0.2) is 89.1 Å². The summed E-state index contributed by atoms with van der Waals surface area (Å²) in [4.78, 5) is 73.6. The highest BCUT2D eigenvalue weighted by atomic mass is 16.6. The van der Waals surface area contributed by atoms with E-state index in [1.165, 1.54) is 48.5 Å². The molecule has 2 heterocycles. The number of nitrogens with zero attached hydrogens (tertiary/aromatic N) is 2. The van der Waals surface area contributed by atoms with Gasteiger partial charge >= 0.3 is 23.9 Å². The van der Waals surface area contributed by atoms with Crippen LogP contribution in [0.5, 0.6) is 0 Å². The Hall–Kier alpha value is -6.30. The SMILES string of the molecule is Cc1ccc(N=Nc2ccc(NC(=O)c3ccc4c(c3)C(=O)OC4=O)cc2NC(=O)c2ccc3c(c2)C(=O)OC3=O)cc1. The van der Waals surface area contributed by atoms with Gasteiger partial charge in [0, 0.05) is 16.8 Å². The van der Waals surface area contributed by atoms with Crippen LogP contribution in [0.25, 0.3) is 0 Å². The van der Waals surface area contributed by atoms with Crippen molar-refractivity contribution in [1.29, 1.82) is 0 Å². The van der Waals surface area contributed by atoms with E-state index in [2.05, 4.69) is 30.3 Å². The molecule has 4 aromatic rings. The standard InChI is InChI=1S/C31H18N4O8/c1-15-2-6-18(7-3-15)34-35-24-11-8-19(32-26(36)16-4-9-20-22(12-16)30(40)42-28(20)38)14-25(24)33-27(37)17-5-10-21-23(13-17)31(41)43-29(21)39/h2-14H,1H3,(H,32,36)(H,33,37). The van der Waals surface area contributed by atoms with E-state index in [0.717, 1.165) is 5.56 Å². The number of carbonyl (C=O) groups is 6. The number of azo groups is 1. The van der Waals surface area contributed by atoms with Crippen LogP contribution in [-0.2, 0) is 9.47 Å². The van der Waals surface area contributed by atoms with Crippen LogP contribution in [0.2, 0.25) is 0 Å². The third-order valence-electron chi connectivity index (χ3n) is 6.62. The van der Waals surface area contributed by atoms with Gasteiger partial charge in [-0.05, 0) is 73.7 Å². The largest absolute Gasteiger partial charge is 0.386 e. The van der Waals surface area contributed by atoms with Crippen molar-refractivity contribution in [2.75, 3.05) is 10.6 Å². The van der Waals surface area contributed by atoms with Crippen LogP contribution in [-0.4, -0.2) is 35.7 Å². The van der Waals surface area contributed by atoms with Crippen molar-refractivity contribution in [2.24, 2.45) is 10.2 Å². The zero-order valence-corrected chi connectivity index (χ0v) is 22.2. The lowest BCUT2D eigenvalue weighted by atomic mass is 10.0. The third kappa shape index (κ3) is 5.27. The highest BCUT2D eigenvalue weighted by Gasteiger charge is 2.31. The fraction of sp³-hybridized carbons (Fsp3) is 0.0323. The second kappa shape index (κ2) is 10.6. The van der Waals surface area contributed by atoms with E-state index >= 15 is 0 Å². The molecule has 0 spiro atoms. The number of amides is 2. The number of anilines is 2. The zero-order valence-electron chi connectivity index (χ0n) is 22.2. The molecule has 0 unspecified atom stereocenters. The van der Waals surface area contributed by atoms with Crippen LogP contribution in [0.1, 0.15) is 67.7 Å². The summed E-state index contributed by atoms with van der Waals surface area (Å²) in [7, 11) is 0. The van der Waals surface area contributed by atoms with Crippen molar-refractivity contribution in [1.82, 2.24) is 0 Å². The van der Waals surface area contributed by atoms with Crippen molar-refractivity contribution in [3.63, 3.8) is 0 Å². The highest BCUT2D eigenvalue weighted by Crippen LogP contribution is 2.32. The zero-order chi connectivity index (χ0) is 30.2. The lowest BCUT2D eigenvalue weighted by molar-refractivity contribution is 0.0425. The topological polar surface area (TPSA) is 170 Å². The molecule has 2 aliphatic heterocycles. The van der Waals surface area contributed by atoms with E-state index in [4.69, 9.17) is 0 Å². The summed E-state index contributed by atoms with van der Waals surface area (Å²) in [5, 5.41) is 13.9. The second-order valence-electron chi connectivity index (χ2n) is 9.55. The molecule has 0 fully saturated rings. The van der Waals surface area contributed by atoms with Gasteiger partial charge in [0.15, 0.2) is 0 Å². The summed E-state index contributed by atoms with van der Waals surface area (Å²) in [6.07, 6.45) is 0. The van der Waals surface area contributed by atoms with Crippen LogP contribution in [0.3, 0.4) is 0 Å². The maximum atomic E-state index is 13.2. The molecule has 43 heavy (non-hydrogen) atoms. The smallest absolute Gasteiger partial charge is 0.346 e. The van der Waals surface area contributed by atoms with Gasteiger partial charge in [0.25, 0.3) is 11.8 Å². The van der Waals surface area contributed by atoms with Crippen LogP contribution in [0.4, 0.5) is 22.7 Å². The molecule has 0 atom stereocenters. The fourth-order valence-electron chi connectivity index (χ4n) is 4.37. The van der Waals surface area contributed by atoms with Gasteiger partial charge in [-0.15, -0.1) is 5.11 Å². The molecule has 12 nitrogen and oxygen atoms in total. The van der Waals surface area contributed by atoms with Crippen molar-refractivity contribution >= 4 is 58.4 Å². The minimum absolute atomic E-state index is 0.0163. The lowest BCUT2D eigenvalue weighted by Gasteiger charge is -2.12. The van der Waals surface area contributed by atoms with Gasteiger partial charge in [-0.2, -0.15) is 5.11 Å². The van der Waals surface area contributed by atoms with Crippen LogP contribution >= 0.6 is 0 Å². The quantitative estimate of drug-likeness (QED) is 0.172. The summed E-state index contributed by atoms with van der Waals surface area (Å²) in [5.74, 6) is -4.49. The highest BCUT2D eigenvalue weighted by molar-refractivity contribution is 6.17. The van der Waals surface area contributed by atoms with E-state index in [1.54, 1.807) is 18.2 Å². The first-order chi connectivity index (χ1) is 20.7. The number of esters is 4. The molecule has 2 N–H and O–H groups in total. The van der Waals surface area contributed by atoms with Gasteiger partial charge in [0.05, 0.1) is 33.6 Å². The number of cyclic esters (lactones) is 4. The first-order valence-electron chi connectivity index (χ1n) is 12.7. The average molecular weight is 575 g/mol. The number of hydrogen-bond acceptors (Lipinski definition) is 10. The maximum absolute atomic E-state index is 13.2. The number of aryl methyl sites for hydroxylation is 1. The van der Waals surface area contributed by atoms with Crippen LogP contribution in [0, 0.1) is 6.92 Å². The van der Waals surface area contributed by atoms with E-state index < -0.39 is 35.7 Å². The van der Waals surface area contributed by atoms with Crippen molar-refractivity contribution in [3.8, 4) is 0 Å². The van der Waals surface area contributed by atoms with E-state index in [0.29, 0.717) is 5.69 Å². The molecule has 2 aliphatic rings. The van der Waals surface area contributed by atoms with Gasteiger partial charge in [-0.3, -0.25) is 9.59 Å². The average Bonchev–Trinajstić information content (AvgIpc) is 3.45. The van der Waals surface area contributed by atoms with Crippen molar-refractivity contribution in [2.45, 2.75) is 6.92 Å². The molecule has 0 aromatic heterocycles. The fourth-order valence-corrected chi connectivity index (χ4v) is 4.37. The number of ether oxygens (including phenoxy) is 2. The molecule has 6 rings (SSSR count). The Balaban J connectivity index is 1.29. The summed E-state index contributed by atoms with van der Waals surface area (Å²) in [6.45, 7) is 1.93. The Morgan fingerprint density at radius 2 is 1.12 bits per heavy atom. The molecule has 0 radical (unpaired) electrons. The van der Waals surface area contributed by atoms with E-state index in [-0.39, 0.29) is 50.4 Å². The summed E-state index contributed by atoms with van der Waals surface area (Å²) in [6, 6.07) is 19.7. The second-order valence-corrected chi connectivity index (χ2v) is 9.55. The number of benzene rings is 4. The maximum Gasteiger partial charge on any atom is 0.346 e. The Labute approximate surface area is 242 Å². The van der Waals surface area contributed by atoms with Gasteiger partial charge in [0.1, 0.15) is 5.69 Å². The predicted molar refractivity (Wildman–Crippen MR) is 150 cm³/mol. The molecule has 4 aromatic carbocycles. The molecule has 12 heteroatoms. The summed E-state index contributed by atoms with van der Waals surface area (Å²) in [5.41, 5.74) is 2.53. The predicted octanol–water partition coefficient (Wildman–Crippen LogP) is 5.54. The van der Waals surface area contributed by atoms with Gasteiger partial charge in [-0.25, -0.2) is 19.2 Å². The van der Waals surface area contributed by atoms with E-state index in [9.17, 15) is 28.8 Å². The number of rotatable bonds is 6. The molecular formula is C31H18N4O8. The molecule has 0 bridgehead atoms. The molecule has 210 valence electrons. The number of hydrogen-bond donors (Lipinski definition) is 2. The van der Waals surface area contributed by atoms with Gasteiger partial charge in [0.2, 0.25) is 0 Å². The molecule has 0 saturated heterocycles. The summed E-state index contributed by atoms with van der Waals surface area (Å²) < 4.78 is 9.16. The molecule has 0 saturated carbocycles. The Kier molecular flexibility index (Phi) is 6.63. The Bertz CT molecular complexity index is 1950. The first-order valence-corrected chi connectivity index (χ1v) is 12.7. The molecular weight excluding hydrogens is 556 g/mol. The van der Waals surface area contributed by atoms with Crippen molar-refractivity contribution < 1.29 is 38.2 Å². The Morgan fingerprint density at radius 3 is 1.70 bits per heavy atom. The number of fused-ring (bicyclic) bond motifs is 2. The third-order valence-corrected chi connectivity index (χ3v) is 6.62. The minimum atomic E-state index is -0.851. The molecule has 0 aliphatic carbocycles. The number of carbonyl (C=O) groups excluding carboxylic acids is 6. The Morgan fingerprint density at radius 1 is 0.581 bits per heavy atom. The van der Waals surface area contributed by atoms with Gasteiger partial charge < -0.3 is 20.1 Å². The number of nitrogens with one attached hydrogen (secondary N) is 2. The van der Waals surface area contributed by atoms with Crippen LogP contribution < -0.4 is 10.6 Å². The van der Waals surface area contributed by atoms with E-state index in [1.807, 2.05) is 19.1 Å².